The monoisotopic (exact) mass is 237 g/mol. The lowest BCUT2D eigenvalue weighted by molar-refractivity contribution is 0.356. The van der Waals surface area contributed by atoms with Crippen molar-refractivity contribution in [3.8, 4) is 11.5 Å². The number of benzene rings is 1. The molecule has 0 saturated heterocycles. The number of pyridine rings is 1. The van der Waals surface area contributed by atoms with Gasteiger partial charge in [0.05, 0.1) is 14.2 Å². The Labute approximate surface area is 99.0 Å². The first-order chi connectivity index (χ1) is 7.80. The lowest BCUT2D eigenvalue weighted by Gasteiger charge is -2.10. The van der Waals surface area contributed by atoms with Gasteiger partial charge >= 0.3 is 0 Å². The maximum Gasteiger partial charge on any atom is 0.161 e. The third-order valence-electron chi connectivity index (χ3n) is 2.49. The van der Waals surface area contributed by atoms with E-state index in [1.165, 1.54) is 0 Å². The maximum absolute atomic E-state index is 5.86. The number of ether oxygens (including phenoxy) is 2. The Morgan fingerprint density at radius 1 is 1.12 bits per heavy atom. The highest BCUT2D eigenvalue weighted by Crippen LogP contribution is 2.33. The molecule has 4 heteroatoms. The fraction of sp³-hybridized carbons (Fsp3) is 0.250. The van der Waals surface area contributed by atoms with E-state index in [4.69, 9.17) is 21.1 Å². The fourth-order valence-electron chi connectivity index (χ4n) is 1.66. The van der Waals surface area contributed by atoms with E-state index in [1.54, 1.807) is 26.6 Å². The third-order valence-corrected chi connectivity index (χ3v) is 2.78. The second-order valence-electron chi connectivity index (χ2n) is 3.36. The molecule has 0 unspecified atom stereocenters. The smallest absolute Gasteiger partial charge is 0.161 e. The minimum atomic E-state index is 0.430. The lowest BCUT2D eigenvalue weighted by atomic mass is 10.1. The molecule has 2 aromatic rings. The molecule has 0 N–H and O–H groups in total. The summed E-state index contributed by atoms with van der Waals surface area (Å²) in [5.74, 6) is 1.83. The molecule has 0 amide bonds. The van der Waals surface area contributed by atoms with Gasteiger partial charge < -0.3 is 9.47 Å². The topological polar surface area (TPSA) is 31.4 Å². The van der Waals surface area contributed by atoms with Crippen LogP contribution in [0.1, 0.15) is 5.56 Å². The Morgan fingerprint density at radius 2 is 1.81 bits per heavy atom. The van der Waals surface area contributed by atoms with Gasteiger partial charge in [0.25, 0.3) is 0 Å². The molecule has 0 aliphatic heterocycles. The van der Waals surface area contributed by atoms with Crippen LogP contribution in [0.5, 0.6) is 11.5 Å². The van der Waals surface area contributed by atoms with Crippen LogP contribution in [0.2, 0.25) is 0 Å². The fourth-order valence-corrected chi connectivity index (χ4v) is 1.88. The van der Waals surface area contributed by atoms with Gasteiger partial charge in [-0.2, -0.15) is 0 Å². The van der Waals surface area contributed by atoms with E-state index in [-0.39, 0.29) is 0 Å². The Hall–Kier alpha value is -1.48. The molecule has 1 aromatic carbocycles. The predicted octanol–water partition coefficient (Wildman–Crippen LogP) is 2.99. The molecular formula is C12H12ClNO2. The molecule has 16 heavy (non-hydrogen) atoms. The highest BCUT2D eigenvalue weighted by Gasteiger charge is 2.08. The van der Waals surface area contributed by atoms with E-state index < -0.39 is 0 Å². The molecule has 0 radical (unpaired) electrons. The van der Waals surface area contributed by atoms with Crippen LogP contribution in [0.4, 0.5) is 0 Å². The summed E-state index contributed by atoms with van der Waals surface area (Å²) in [6.45, 7) is 0. The van der Waals surface area contributed by atoms with Crippen molar-refractivity contribution in [3.63, 3.8) is 0 Å². The molecule has 0 fully saturated rings. The van der Waals surface area contributed by atoms with Gasteiger partial charge in [-0.25, -0.2) is 0 Å². The molecular weight excluding hydrogens is 226 g/mol. The maximum atomic E-state index is 5.86. The van der Waals surface area contributed by atoms with Crippen molar-refractivity contribution < 1.29 is 9.47 Å². The molecule has 0 bridgehead atoms. The van der Waals surface area contributed by atoms with Crippen LogP contribution in [0.15, 0.2) is 24.5 Å². The molecule has 0 atom stereocenters. The molecule has 2 rings (SSSR count). The summed E-state index contributed by atoms with van der Waals surface area (Å²) in [4.78, 5) is 4.13. The zero-order chi connectivity index (χ0) is 11.5. The first-order valence-corrected chi connectivity index (χ1v) is 5.38. The summed E-state index contributed by atoms with van der Waals surface area (Å²) in [5.41, 5.74) is 0.986. The van der Waals surface area contributed by atoms with Crippen molar-refractivity contribution in [3.05, 3.63) is 30.1 Å². The zero-order valence-electron chi connectivity index (χ0n) is 9.16. The standard InChI is InChI=1S/C12H12ClNO2/c1-15-11-3-8-6-14-7-9(5-13)10(8)4-12(11)16-2/h3-4,6-7H,5H2,1-2H3. The van der Waals surface area contributed by atoms with Gasteiger partial charge in [-0.1, -0.05) is 0 Å². The third kappa shape index (κ3) is 1.78. The minimum Gasteiger partial charge on any atom is -0.493 e. The first-order valence-electron chi connectivity index (χ1n) is 4.84. The van der Waals surface area contributed by atoms with E-state index in [0.717, 1.165) is 16.3 Å². The van der Waals surface area contributed by atoms with Gasteiger partial charge in [-0.05, 0) is 23.1 Å². The van der Waals surface area contributed by atoms with Crippen LogP contribution in [0, 0.1) is 0 Å². The van der Waals surface area contributed by atoms with Crippen molar-refractivity contribution in [2.45, 2.75) is 5.88 Å². The highest BCUT2D eigenvalue weighted by molar-refractivity contribution is 6.18. The van der Waals surface area contributed by atoms with Gasteiger partial charge in [0.1, 0.15) is 0 Å². The lowest BCUT2D eigenvalue weighted by Crippen LogP contribution is -1.92. The quantitative estimate of drug-likeness (QED) is 0.769. The first kappa shape index (κ1) is 11.0. The van der Waals surface area contributed by atoms with E-state index in [1.807, 2.05) is 12.1 Å². The van der Waals surface area contributed by atoms with Crippen LogP contribution in [-0.2, 0) is 5.88 Å². The molecule has 3 nitrogen and oxygen atoms in total. The molecule has 1 aromatic heterocycles. The SMILES string of the molecule is COc1cc2cncc(CCl)c2cc1OC. The second-order valence-corrected chi connectivity index (χ2v) is 3.63. The Balaban J connectivity index is 2.72. The van der Waals surface area contributed by atoms with Crippen molar-refractivity contribution in [1.82, 2.24) is 4.98 Å². The number of hydrogen-bond donors (Lipinski definition) is 0. The van der Waals surface area contributed by atoms with Crippen LogP contribution in [0.25, 0.3) is 10.8 Å². The Bertz CT molecular complexity index is 514. The summed E-state index contributed by atoms with van der Waals surface area (Å²) in [5, 5.41) is 2.04. The average Bonchev–Trinajstić information content (AvgIpc) is 2.36. The van der Waals surface area contributed by atoms with Gasteiger partial charge in [-0.15, -0.1) is 11.6 Å². The van der Waals surface area contributed by atoms with E-state index in [9.17, 15) is 0 Å². The summed E-state index contributed by atoms with van der Waals surface area (Å²) in [6.07, 6.45) is 3.55. The molecule has 1 heterocycles. The second kappa shape index (κ2) is 4.58. The highest BCUT2D eigenvalue weighted by atomic mass is 35.5. The number of halogens is 1. The Kier molecular flexibility index (Phi) is 3.15. The zero-order valence-corrected chi connectivity index (χ0v) is 9.91. The normalized spacial score (nSPS) is 10.4. The van der Waals surface area contributed by atoms with E-state index in [2.05, 4.69) is 4.98 Å². The number of nitrogens with zero attached hydrogens (tertiary/aromatic N) is 1. The number of aromatic nitrogens is 1. The predicted molar refractivity (Wildman–Crippen MR) is 64.4 cm³/mol. The number of methoxy groups -OCH3 is 2. The van der Waals surface area contributed by atoms with E-state index >= 15 is 0 Å². The number of fused-ring (bicyclic) bond motifs is 1. The summed E-state index contributed by atoms with van der Waals surface area (Å²) >= 11 is 5.86. The van der Waals surface area contributed by atoms with Crippen molar-refractivity contribution in [1.29, 1.82) is 0 Å². The average molecular weight is 238 g/mol. The van der Waals surface area contributed by atoms with Gasteiger partial charge in [-0.3, -0.25) is 4.98 Å². The molecule has 0 spiro atoms. The van der Waals surface area contributed by atoms with Crippen LogP contribution >= 0.6 is 11.6 Å². The van der Waals surface area contributed by atoms with Crippen LogP contribution in [-0.4, -0.2) is 19.2 Å². The summed E-state index contributed by atoms with van der Waals surface area (Å²) in [6, 6.07) is 3.82. The number of hydrogen-bond acceptors (Lipinski definition) is 3. The van der Waals surface area contributed by atoms with Crippen molar-refractivity contribution >= 4 is 22.4 Å². The molecule has 0 aliphatic rings. The van der Waals surface area contributed by atoms with Gasteiger partial charge in [0.2, 0.25) is 0 Å². The number of alkyl halides is 1. The van der Waals surface area contributed by atoms with Crippen molar-refractivity contribution in [2.24, 2.45) is 0 Å². The van der Waals surface area contributed by atoms with Crippen LogP contribution in [0.3, 0.4) is 0 Å². The van der Waals surface area contributed by atoms with Gasteiger partial charge in [0.15, 0.2) is 11.5 Å². The number of rotatable bonds is 3. The molecule has 84 valence electrons. The van der Waals surface area contributed by atoms with E-state index in [0.29, 0.717) is 17.4 Å². The van der Waals surface area contributed by atoms with Crippen molar-refractivity contribution in [2.75, 3.05) is 14.2 Å². The molecule has 0 saturated carbocycles. The Morgan fingerprint density at radius 3 is 2.44 bits per heavy atom. The largest absolute Gasteiger partial charge is 0.493 e. The molecule has 0 aliphatic carbocycles. The van der Waals surface area contributed by atoms with Gasteiger partial charge in [0, 0.05) is 23.7 Å². The summed E-state index contributed by atoms with van der Waals surface area (Å²) in [7, 11) is 3.23. The minimum absolute atomic E-state index is 0.430. The van der Waals surface area contributed by atoms with Crippen LogP contribution < -0.4 is 9.47 Å². The summed E-state index contributed by atoms with van der Waals surface area (Å²) < 4.78 is 10.5.